The fourth-order valence-corrected chi connectivity index (χ4v) is 7.06. The molecule has 0 aliphatic heterocycles. The lowest BCUT2D eigenvalue weighted by Gasteiger charge is -2.45. The molecule has 3 aliphatic carbocycles. The molecule has 0 saturated heterocycles. The Labute approximate surface area is 167 Å². The van der Waals surface area contributed by atoms with Crippen LogP contribution in [0.15, 0.2) is 12.1 Å². The van der Waals surface area contributed by atoms with Crippen LogP contribution in [0.2, 0.25) is 0 Å². The molecule has 1 aromatic rings. The number of fused-ring (bicyclic) bond motifs is 5. The summed E-state index contributed by atoms with van der Waals surface area (Å²) in [5.41, 5.74) is 6.94. The van der Waals surface area contributed by atoms with Gasteiger partial charge in [0.1, 0.15) is 0 Å². The minimum Gasteiger partial charge on any atom is -0.393 e. The normalized spacial score (nSPS) is 33.5. The third-order valence-corrected chi connectivity index (χ3v) is 8.57. The van der Waals surface area contributed by atoms with Crippen molar-refractivity contribution in [2.75, 3.05) is 0 Å². The first-order chi connectivity index (χ1) is 12.9. The standard InChI is InChI=1S/C26H40O/c1-17(2)6-5-7-18(3)24-12-13-25-23-10-8-19-16-20(27)9-11-21(19)22(23)14-15-26(24,25)4/h8,10,17-18,20,24-25,27H,5-7,9,11-16H2,1-4H3/t18?,20-,24?,25?,26+/m0/s1. The maximum Gasteiger partial charge on any atom is 0.0583 e. The van der Waals surface area contributed by atoms with E-state index < -0.39 is 0 Å². The molecule has 0 amide bonds. The van der Waals surface area contributed by atoms with Gasteiger partial charge in [-0.05, 0) is 96.3 Å². The van der Waals surface area contributed by atoms with Crippen molar-refractivity contribution in [2.24, 2.45) is 23.2 Å². The van der Waals surface area contributed by atoms with Crippen molar-refractivity contribution in [2.45, 2.75) is 104 Å². The van der Waals surface area contributed by atoms with E-state index in [1.54, 1.807) is 16.7 Å². The number of aliphatic hydroxyl groups excluding tert-OH is 1. The smallest absolute Gasteiger partial charge is 0.0583 e. The van der Waals surface area contributed by atoms with Crippen molar-refractivity contribution in [3.05, 3.63) is 34.4 Å². The van der Waals surface area contributed by atoms with Crippen molar-refractivity contribution < 1.29 is 5.11 Å². The molecule has 150 valence electrons. The van der Waals surface area contributed by atoms with Gasteiger partial charge in [-0.1, -0.05) is 59.1 Å². The van der Waals surface area contributed by atoms with E-state index in [9.17, 15) is 5.11 Å². The van der Waals surface area contributed by atoms with Gasteiger partial charge in [-0.3, -0.25) is 0 Å². The largest absolute Gasteiger partial charge is 0.393 e. The van der Waals surface area contributed by atoms with Crippen molar-refractivity contribution >= 4 is 0 Å². The Morgan fingerprint density at radius 2 is 1.85 bits per heavy atom. The lowest BCUT2D eigenvalue weighted by molar-refractivity contribution is 0.118. The first-order valence-corrected chi connectivity index (χ1v) is 11.7. The molecule has 1 heteroatoms. The predicted molar refractivity (Wildman–Crippen MR) is 114 cm³/mol. The van der Waals surface area contributed by atoms with Crippen LogP contribution in [0.4, 0.5) is 0 Å². The van der Waals surface area contributed by atoms with Crippen molar-refractivity contribution in [1.82, 2.24) is 0 Å². The van der Waals surface area contributed by atoms with Crippen LogP contribution in [0.5, 0.6) is 0 Å². The second-order valence-electron chi connectivity index (χ2n) is 10.7. The highest BCUT2D eigenvalue weighted by atomic mass is 16.3. The lowest BCUT2D eigenvalue weighted by Crippen LogP contribution is -2.36. The molecular weight excluding hydrogens is 328 g/mol. The molecule has 27 heavy (non-hydrogen) atoms. The van der Waals surface area contributed by atoms with Gasteiger partial charge in [0.15, 0.2) is 0 Å². The molecule has 3 aliphatic rings. The van der Waals surface area contributed by atoms with Crippen LogP contribution in [0, 0.1) is 23.2 Å². The van der Waals surface area contributed by atoms with Crippen LogP contribution in [0.3, 0.4) is 0 Å². The maximum atomic E-state index is 10.1. The van der Waals surface area contributed by atoms with Gasteiger partial charge in [0.25, 0.3) is 0 Å². The Balaban J connectivity index is 1.54. The summed E-state index contributed by atoms with van der Waals surface area (Å²) in [6.45, 7) is 9.88. The molecule has 0 spiro atoms. The van der Waals surface area contributed by atoms with Crippen LogP contribution >= 0.6 is 0 Å². The maximum absolute atomic E-state index is 10.1. The Morgan fingerprint density at radius 3 is 2.63 bits per heavy atom. The summed E-state index contributed by atoms with van der Waals surface area (Å²) in [5, 5.41) is 10.1. The van der Waals surface area contributed by atoms with Crippen molar-refractivity contribution in [1.29, 1.82) is 0 Å². The molecule has 3 unspecified atom stereocenters. The Kier molecular flexibility index (Phi) is 5.45. The van der Waals surface area contributed by atoms with Gasteiger partial charge in [0, 0.05) is 0 Å². The fraction of sp³-hybridized carbons (Fsp3) is 0.769. The van der Waals surface area contributed by atoms with Gasteiger partial charge in [-0.25, -0.2) is 0 Å². The van der Waals surface area contributed by atoms with Crippen LogP contribution < -0.4 is 0 Å². The predicted octanol–water partition coefficient (Wildman–Crippen LogP) is 6.44. The Bertz CT molecular complexity index is 675. The van der Waals surface area contributed by atoms with Crippen molar-refractivity contribution in [3.63, 3.8) is 0 Å². The summed E-state index contributed by atoms with van der Waals surface area (Å²) >= 11 is 0. The molecule has 0 aromatic heterocycles. The van der Waals surface area contributed by atoms with Gasteiger partial charge in [-0.2, -0.15) is 0 Å². The zero-order valence-corrected chi connectivity index (χ0v) is 18.1. The SMILES string of the molecule is CC(C)CCCC(C)C1CCC2c3ccc4c(c3CC[C@@]21C)CC[C@H](O)C4. The first-order valence-electron chi connectivity index (χ1n) is 11.7. The minimum atomic E-state index is -0.119. The number of hydrogen-bond acceptors (Lipinski definition) is 1. The summed E-state index contributed by atoms with van der Waals surface area (Å²) in [5.74, 6) is 3.39. The molecule has 5 atom stereocenters. The van der Waals surface area contributed by atoms with Crippen LogP contribution in [0.1, 0.15) is 101 Å². The Morgan fingerprint density at radius 1 is 1.04 bits per heavy atom. The van der Waals surface area contributed by atoms with Gasteiger partial charge >= 0.3 is 0 Å². The fourth-order valence-electron chi connectivity index (χ4n) is 7.06. The number of aliphatic hydroxyl groups is 1. The molecule has 0 bridgehead atoms. The van der Waals surface area contributed by atoms with Gasteiger partial charge in [0.05, 0.1) is 6.10 Å². The molecule has 0 heterocycles. The highest BCUT2D eigenvalue weighted by molar-refractivity contribution is 5.47. The van der Waals surface area contributed by atoms with E-state index >= 15 is 0 Å². The molecule has 4 rings (SSSR count). The van der Waals surface area contributed by atoms with Crippen LogP contribution in [-0.2, 0) is 19.3 Å². The van der Waals surface area contributed by atoms with Gasteiger partial charge < -0.3 is 5.11 Å². The quantitative estimate of drug-likeness (QED) is 0.633. The van der Waals surface area contributed by atoms with E-state index in [0.29, 0.717) is 5.41 Å². The van der Waals surface area contributed by atoms with E-state index in [1.165, 1.54) is 50.5 Å². The summed E-state index contributed by atoms with van der Waals surface area (Å²) in [6.07, 6.45) is 12.5. The highest BCUT2D eigenvalue weighted by Gasteiger charge is 2.51. The van der Waals surface area contributed by atoms with E-state index in [1.807, 2.05) is 0 Å². The third kappa shape index (κ3) is 3.50. The number of benzene rings is 1. The van der Waals surface area contributed by atoms with E-state index in [4.69, 9.17) is 0 Å². The summed E-state index contributed by atoms with van der Waals surface area (Å²) in [4.78, 5) is 0. The molecule has 0 radical (unpaired) electrons. The van der Waals surface area contributed by atoms with Crippen LogP contribution in [-0.4, -0.2) is 11.2 Å². The van der Waals surface area contributed by atoms with E-state index in [2.05, 4.69) is 39.8 Å². The van der Waals surface area contributed by atoms with E-state index in [0.717, 1.165) is 42.9 Å². The highest BCUT2D eigenvalue weighted by Crippen LogP contribution is 2.61. The summed E-state index contributed by atoms with van der Waals surface area (Å²) in [7, 11) is 0. The second-order valence-corrected chi connectivity index (χ2v) is 10.7. The third-order valence-electron chi connectivity index (χ3n) is 8.57. The molecule has 1 N–H and O–H groups in total. The molecule has 1 aromatic carbocycles. The second kappa shape index (κ2) is 7.54. The summed E-state index contributed by atoms with van der Waals surface area (Å²) < 4.78 is 0. The summed E-state index contributed by atoms with van der Waals surface area (Å²) in [6, 6.07) is 4.82. The zero-order chi connectivity index (χ0) is 19.2. The number of rotatable bonds is 5. The van der Waals surface area contributed by atoms with Crippen LogP contribution in [0.25, 0.3) is 0 Å². The monoisotopic (exact) mass is 368 g/mol. The number of hydrogen-bond donors (Lipinski definition) is 1. The average Bonchev–Trinajstić information content (AvgIpc) is 2.98. The van der Waals surface area contributed by atoms with E-state index in [-0.39, 0.29) is 6.10 Å². The molecule has 1 saturated carbocycles. The first kappa shape index (κ1) is 19.5. The zero-order valence-electron chi connectivity index (χ0n) is 18.1. The molecular formula is C26H40O. The molecule has 1 fully saturated rings. The Hall–Kier alpha value is -0.820. The van der Waals surface area contributed by atoms with Gasteiger partial charge in [-0.15, -0.1) is 0 Å². The average molecular weight is 369 g/mol. The lowest BCUT2D eigenvalue weighted by atomic mass is 9.59. The topological polar surface area (TPSA) is 20.2 Å². The molecule has 1 nitrogen and oxygen atoms in total. The van der Waals surface area contributed by atoms with Crippen molar-refractivity contribution in [3.8, 4) is 0 Å². The van der Waals surface area contributed by atoms with Gasteiger partial charge in [0.2, 0.25) is 0 Å². The minimum absolute atomic E-state index is 0.119.